The van der Waals surface area contributed by atoms with Crippen molar-refractivity contribution >= 4 is 22.9 Å². The van der Waals surface area contributed by atoms with Crippen LogP contribution in [0.25, 0.3) is 11.2 Å². The minimum Gasteiger partial charge on any atom is -0.479 e. The Bertz CT molecular complexity index is 977. The number of likely N-dealkylation sites (N-methyl/N-ethyl adjacent to an activating group) is 1. The zero-order valence-corrected chi connectivity index (χ0v) is 18.5. The number of aliphatic hydroxyl groups excluding tert-OH is 2. The number of aromatic nitrogens is 4. The first-order chi connectivity index (χ1) is 15.3. The number of nitrogens with two attached hydrogens (primary N) is 1. The van der Waals surface area contributed by atoms with Crippen LogP contribution in [0.1, 0.15) is 32.9 Å². The Hall–Kier alpha value is -2.74. The SMILES string of the molecule is CCOC(C)=NOCCCCN(C)C[C@H]1O[C@@H](n2c(=O)[nH]c3c(N)ncnc32)C(O)C1O. The first kappa shape index (κ1) is 23.9. The maximum Gasteiger partial charge on any atom is 0.330 e. The molecular formula is C19H31N7O6. The summed E-state index contributed by atoms with van der Waals surface area (Å²) in [6, 6.07) is 0. The molecule has 3 rings (SSSR count). The molecule has 13 heteroatoms. The van der Waals surface area contributed by atoms with Crippen molar-refractivity contribution in [1.82, 2.24) is 24.4 Å². The van der Waals surface area contributed by atoms with Gasteiger partial charge in [-0.15, -0.1) is 0 Å². The smallest absolute Gasteiger partial charge is 0.330 e. The molecular weight excluding hydrogens is 422 g/mol. The van der Waals surface area contributed by atoms with Crippen molar-refractivity contribution in [2.75, 3.05) is 39.1 Å². The highest BCUT2D eigenvalue weighted by molar-refractivity contribution is 5.81. The average Bonchev–Trinajstić information content (AvgIpc) is 3.22. The topological polar surface area (TPSA) is 173 Å². The highest BCUT2D eigenvalue weighted by atomic mass is 16.6. The number of nitrogen functional groups attached to an aromatic ring is 1. The molecule has 5 N–H and O–H groups in total. The van der Waals surface area contributed by atoms with Crippen LogP contribution in [0.3, 0.4) is 0 Å². The number of hydrogen-bond acceptors (Lipinski definition) is 11. The predicted octanol–water partition coefficient (Wildman–Crippen LogP) is -0.580. The Labute approximate surface area is 184 Å². The summed E-state index contributed by atoms with van der Waals surface area (Å²) in [4.78, 5) is 30.1. The van der Waals surface area contributed by atoms with Crippen LogP contribution in [0.2, 0.25) is 0 Å². The molecule has 3 heterocycles. The average molecular weight is 454 g/mol. The van der Waals surface area contributed by atoms with Crippen LogP contribution in [0.5, 0.6) is 0 Å². The normalized spacial score (nSPS) is 23.9. The van der Waals surface area contributed by atoms with Gasteiger partial charge in [0.2, 0.25) is 5.90 Å². The Kier molecular flexibility index (Phi) is 8.01. The standard InChI is InChI=1S/C19H31N7O6/c1-4-30-11(2)24-31-8-6-5-7-25(3)9-12-14(27)15(28)18(32-12)26-17-13(23-19(26)29)16(20)21-10-22-17/h10,12,14-15,18,27-28H,4-9H2,1-3H3,(H,23,29)(H2,20,21,22)/t12-,14?,15?,18-/m1/s1. The molecule has 1 saturated heterocycles. The third kappa shape index (κ3) is 5.35. The molecule has 2 aromatic rings. The van der Waals surface area contributed by atoms with E-state index in [9.17, 15) is 15.0 Å². The summed E-state index contributed by atoms with van der Waals surface area (Å²) in [5.41, 5.74) is 5.68. The van der Waals surface area contributed by atoms with Crippen LogP contribution < -0.4 is 11.4 Å². The van der Waals surface area contributed by atoms with Gasteiger partial charge >= 0.3 is 5.69 Å². The molecule has 0 amide bonds. The second-order valence-electron chi connectivity index (χ2n) is 7.65. The van der Waals surface area contributed by atoms with Crippen LogP contribution in [-0.4, -0.2) is 92.2 Å². The van der Waals surface area contributed by atoms with Gasteiger partial charge in [-0.3, -0.25) is 0 Å². The van der Waals surface area contributed by atoms with Crippen LogP contribution in [0.4, 0.5) is 5.82 Å². The third-order valence-corrected chi connectivity index (χ3v) is 5.19. The lowest BCUT2D eigenvalue weighted by Gasteiger charge is -2.22. The van der Waals surface area contributed by atoms with Gasteiger partial charge in [0, 0.05) is 13.5 Å². The van der Waals surface area contributed by atoms with Gasteiger partial charge in [0.05, 0.1) is 6.61 Å². The van der Waals surface area contributed by atoms with Gasteiger partial charge in [-0.05, 0) is 33.4 Å². The van der Waals surface area contributed by atoms with Crippen LogP contribution in [0, 0.1) is 0 Å². The number of rotatable bonds is 10. The van der Waals surface area contributed by atoms with E-state index in [4.69, 9.17) is 20.0 Å². The van der Waals surface area contributed by atoms with Gasteiger partial charge in [0.1, 0.15) is 36.8 Å². The lowest BCUT2D eigenvalue weighted by atomic mass is 10.1. The molecule has 0 aromatic carbocycles. The summed E-state index contributed by atoms with van der Waals surface area (Å²) < 4.78 is 12.2. The molecule has 2 aromatic heterocycles. The predicted molar refractivity (Wildman–Crippen MR) is 116 cm³/mol. The molecule has 0 aliphatic carbocycles. The molecule has 0 radical (unpaired) electrons. The number of aliphatic hydroxyl groups is 2. The first-order valence-corrected chi connectivity index (χ1v) is 10.5. The van der Waals surface area contributed by atoms with Gasteiger partial charge in [-0.25, -0.2) is 19.3 Å². The number of ether oxygens (including phenoxy) is 2. The highest BCUT2D eigenvalue weighted by Crippen LogP contribution is 2.31. The summed E-state index contributed by atoms with van der Waals surface area (Å²) in [5.74, 6) is 0.603. The van der Waals surface area contributed by atoms with Gasteiger partial charge in [-0.1, -0.05) is 5.16 Å². The van der Waals surface area contributed by atoms with Gasteiger partial charge in [0.25, 0.3) is 0 Å². The maximum absolute atomic E-state index is 12.4. The van der Waals surface area contributed by atoms with Gasteiger partial charge < -0.3 is 40.1 Å². The Morgan fingerprint density at radius 3 is 2.91 bits per heavy atom. The minimum absolute atomic E-state index is 0.109. The van der Waals surface area contributed by atoms with Crippen LogP contribution >= 0.6 is 0 Å². The molecule has 32 heavy (non-hydrogen) atoms. The molecule has 0 spiro atoms. The lowest BCUT2D eigenvalue weighted by molar-refractivity contribution is -0.0438. The van der Waals surface area contributed by atoms with Crippen LogP contribution in [-0.2, 0) is 14.3 Å². The minimum atomic E-state index is -1.30. The monoisotopic (exact) mass is 453 g/mol. The third-order valence-electron chi connectivity index (χ3n) is 5.19. The number of oxime groups is 1. The van der Waals surface area contributed by atoms with E-state index in [2.05, 4.69) is 20.1 Å². The van der Waals surface area contributed by atoms with E-state index >= 15 is 0 Å². The summed E-state index contributed by atoms with van der Waals surface area (Å²) >= 11 is 0. The van der Waals surface area contributed by atoms with E-state index in [-0.39, 0.29) is 17.0 Å². The Balaban J connectivity index is 1.53. The molecule has 178 valence electrons. The maximum atomic E-state index is 12.4. The number of imidazole rings is 1. The molecule has 2 unspecified atom stereocenters. The van der Waals surface area contributed by atoms with Crippen molar-refractivity contribution in [2.45, 2.75) is 51.2 Å². The fourth-order valence-corrected chi connectivity index (χ4v) is 3.60. The fourth-order valence-electron chi connectivity index (χ4n) is 3.60. The molecule has 0 bridgehead atoms. The van der Waals surface area contributed by atoms with E-state index in [1.54, 1.807) is 6.92 Å². The molecule has 13 nitrogen and oxygen atoms in total. The quantitative estimate of drug-likeness (QED) is 0.158. The molecule has 4 atom stereocenters. The lowest BCUT2D eigenvalue weighted by Crippen LogP contribution is -2.39. The van der Waals surface area contributed by atoms with Crippen molar-refractivity contribution < 1.29 is 24.5 Å². The number of hydrogen-bond donors (Lipinski definition) is 4. The fraction of sp³-hybridized carbons (Fsp3) is 0.684. The van der Waals surface area contributed by atoms with Crippen molar-refractivity contribution in [3.63, 3.8) is 0 Å². The summed E-state index contributed by atoms with van der Waals surface area (Å²) in [7, 11) is 1.89. The number of nitrogens with one attached hydrogen (secondary N) is 1. The van der Waals surface area contributed by atoms with Crippen molar-refractivity contribution in [1.29, 1.82) is 0 Å². The van der Waals surface area contributed by atoms with Crippen molar-refractivity contribution in [3.05, 3.63) is 16.8 Å². The number of fused-ring (bicyclic) bond motifs is 1. The second-order valence-corrected chi connectivity index (χ2v) is 7.65. The largest absolute Gasteiger partial charge is 0.479 e. The van der Waals surface area contributed by atoms with Crippen molar-refractivity contribution in [2.24, 2.45) is 5.16 Å². The Morgan fingerprint density at radius 1 is 1.38 bits per heavy atom. The number of H-pyrrole nitrogens is 1. The zero-order valence-electron chi connectivity index (χ0n) is 18.5. The van der Waals surface area contributed by atoms with Gasteiger partial charge in [0.15, 0.2) is 17.7 Å². The number of aromatic amines is 1. The summed E-state index contributed by atoms with van der Waals surface area (Å²) in [6.45, 7) is 5.72. The molecule has 1 aliphatic rings. The summed E-state index contributed by atoms with van der Waals surface area (Å²) in [5, 5.41) is 24.9. The van der Waals surface area contributed by atoms with E-state index in [1.165, 1.54) is 6.33 Å². The first-order valence-electron chi connectivity index (χ1n) is 10.5. The number of anilines is 1. The van der Waals surface area contributed by atoms with E-state index in [1.807, 2.05) is 18.9 Å². The van der Waals surface area contributed by atoms with E-state index in [0.29, 0.717) is 25.7 Å². The molecule has 1 aliphatic heterocycles. The number of unbranched alkanes of at least 4 members (excludes halogenated alkanes) is 1. The Morgan fingerprint density at radius 2 is 2.16 bits per heavy atom. The van der Waals surface area contributed by atoms with Gasteiger partial charge in [-0.2, -0.15) is 0 Å². The van der Waals surface area contributed by atoms with E-state index < -0.39 is 30.2 Å². The zero-order chi connectivity index (χ0) is 23.3. The van der Waals surface area contributed by atoms with Crippen molar-refractivity contribution in [3.8, 4) is 0 Å². The second kappa shape index (κ2) is 10.7. The molecule has 1 fully saturated rings. The molecule has 0 saturated carbocycles. The summed E-state index contributed by atoms with van der Waals surface area (Å²) in [6.07, 6.45) is -1.41. The highest BCUT2D eigenvalue weighted by Gasteiger charge is 2.45. The van der Waals surface area contributed by atoms with E-state index in [0.717, 1.165) is 24.0 Å². The number of nitrogens with zero attached hydrogens (tertiary/aromatic N) is 5. The van der Waals surface area contributed by atoms with Crippen LogP contribution in [0.15, 0.2) is 16.3 Å².